The second-order valence-corrected chi connectivity index (χ2v) is 6.02. The molecular weight excluding hydrogens is 377 g/mol. The second kappa shape index (κ2) is 7.12. The first-order valence-corrected chi connectivity index (χ1v) is 8.28. The van der Waals surface area contributed by atoms with Gasteiger partial charge in [-0.15, -0.1) is 0 Å². The molecule has 2 aromatic heterocycles. The minimum atomic E-state index is -4.61. The molecule has 10 heteroatoms. The first kappa shape index (κ1) is 19.6. The molecule has 2 heterocycles. The largest absolute Gasteiger partial charge is 0.494 e. The van der Waals surface area contributed by atoms with E-state index in [0.717, 1.165) is 6.07 Å². The molecule has 3 rings (SSSR count). The molecule has 0 fully saturated rings. The Morgan fingerprint density at radius 1 is 1.25 bits per heavy atom. The van der Waals surface area contributed by atoms with Gasteiger partial charge >= 0.3 is 6.18 Å². The highest BCUT2D eigenvalue weighted by Gasteiger charge is 2.33. The Morgan fingerprint density at radius 2 is 1.96 bits per heavy atom. The lowest BCUT2D eigenvalue weighted by Crippen LogP contribution is -2.18. The topological polar surface area (TPSA) is 117 Å². The van der Waals surface area contributed by atoms with Crippen LogP contribution in [-0.2, 0) is 6.18 Å². The van der Waals surface area contributed by atoms with Gasteiger partial charge in [-0.2, -0.15) is 13.2 Å². The summed E-state index contributed by atoms with van der Waals surface area (Å²) in [6.45, 7) is 1.79. The lowest BCUT2D eigenvalue weighted by molar-refractivity contribution is -0.140. The Kier molecular flexibility index (Phi) is 4.99. The summed E-state index contributed by atoms with van der Waals surface area (Å²) in [5.41, 5.74) is 10.4. The lowest BCUT2D eigenvalue weighted by Gasteiger charge is -2.11. The van der Waals surface area contributed by atoms with Crippen molar-refractivity contribution in [3.05, 3.63) is 41.4 Å². The highest BCUT2D eigenvalue weighted by atomic mass is 19.4. The number of hydrogen-bond donors (Lipinski definition) is 2. The van der Waals surface area contributed by atoms with Crippen LogP contribution >= 0.6 is 0 Å². The number of fused-ring (bicyclic) bond motifs is 1. The van der Waals surface area contributed by atoms with Gasteiger partial charge < -0.3 is 20.6 Å². The van der Waals surface area contributed by atoms with Gasteiger partial charge in [0.05, 0.1) is 13.2 Å². The molecule has 7 nitrogen and oxygen atoms in total. The number of oxazole rings is 1. The van der Waals surface area contributed by atoms with Crippen LogP contribution in [0.2, 0.25) is 0 Å². The number of primary amides is 1. The summed E-state index contributed by atoms with van der Waals surface area (Å²) in [6, 6.07) is 4.48. The summed E-state index contributed by atoms with van der Waals surface area (Å²) in [7, 11) is 1.32. The van der Waals surface area contributed by atoms with Gasteiger partial charge in [0.2, 0.25) is 5.89 Å². The molecule has 28 heavy (non-hydrogen) atoms. The van der Waals surface area contributed by atoms with Crippen LogP contribution in [0.4, 0.5) is 13.2 Å². The van der Waals surface area contributed by atoms with E-state index in [9.17, 15) is 18.0 Å². The molecule has 0 spiro atoms. The molecule has 0 aliphatic rings. The van der Waals surface area contributed by atoms with E-state index in [2.05, 4.69) is 9.97 Å². The molecule has 148 valence electrons. The van der Waals surface area contributed by atoms with Crippen LogP contribution in [0.15, 0.2) is 28.7 Å². The predicted octanol–water partition coefficient (Wildman–Crippen LogP) is 3.43. The molecule has 0 aliphatic carbocycles. The SMILES string of the molecule is CCC(N)c1oc(-c2ccc(OC)c3nc(C(F)(F)F)ccc23)nc1C(N)=O. The van der Waals surface area contributed by atoms with Crippen molar-refractivity contribution in [2.75, 3.05) is 7.11 Å². The van der Waals surface area contributed by atoms with Crippen molar-refractivity contribution in [2.24, 2.45) is 11.5 Å². The van der Waals surface area contributed by atoms with Crippen LogP contribution in [0.1, 0.15) is 41.3 Å². The summed E-state index contributed by atoms with van der Waals surface area (Å²) in [4.78, 5) is 19.5. The molecule has 1 atom stereocenters. The fourth-order valence-corrected chi connectivity index (χ4v) is 2.76. The number of carbonyl (C=O) groups excluding carboxylic acids is 1. The van der Waals surface area contributed by atoms with Gasteiger partial charge in [-0.1, -0.05) is 6.92 Å². The van der Waals surface area contributed by atoms with E-state index in [1.807, 2.05) is 0 Å². The van der Waals surface area contributed by atoms with Crippen LogP contribution in [0.25, 0.3) is 22.4 Å². The molecule has 0 saturated heterocycles. The third-order valence-corrected chi connectivity index (χ3v) is 4.22. The molecule has 1 aromatic carbocycles. The maximum Gasteiger partial charge on any atom is 0.433 e. The molecule has 3 aromatic rings. The monoisotopic (exact) mass is 394 g/mol. The van der Waals surface area contributed by atoms with Gasteiger partial charge in [-0.05, 0) is 30.7 Å². The Morgan fingerprint density at radius 3 is 2.54 bits per heavy atom. The van der Waals surface area contributed by atoms with E-state index in [1.165, 1.54) is 19.2 Å². The van der Waals surface area contributed by atoms with E-state index in [4.69, 9.17) is 20.6 Å². The highest BCUT2D eigenvalue weighted by molar-refractivity contribution is 5.97. The van der Waals surface area contributed by atoms with E-state index in [0.29, 0.717) is 17.4 Å². The first-order valence-electron chi connectivity index (χ1n) is 8.28. The zero-order valence-electron chi connectivity index (χ0n) is 15.0. The van der Waals surface area contributed by atoms with Crippen LogP contribution in [0, 0.1) is 0 Å². The molecule has 0 radical (unpaired) electrons. The Hall–Kier alpha value is -3.14. The Labute approximate surface area is 157 Å². The van der Waals surface area contributed by atoms with Crippen molar-refractivity contribution in [3.63, 3.8) is 0 Å². The zero-order valence-corrected chi connectivity index (χ0v) is 15.0. The van der Waals surface area contributed by atoms with E-state index in [-0.39, 0.29) is 28.6 Å². The number of aromatic nitrogens is 2. The first-order chi connectivity index (χ1) is 13.2. The van der Waals surface area contributed by atoms with Gasteiger partial charge in [0.25, 0.3) is 5.91 Å². The summed E-state index contributed by atoms with van der Waals surface area (Å²) in [6.07, 6.45) is -4.15. The number of nitrogens with two attached hydrogens (primary N) is 2. The van der Waals surface area contributed by atoms with Gasteiger partial charge in [-0.3, -0.25) is 4.79 Å². The fraction of sp³-hybridized carbons (Fsp3) is 0.278. The number of ether oxygens (including phenoxy) is 1. The van der Waals surface area contributed by atoms with E-state index in [1.54, 1.807) is 13.0 Å². The third kappa shape index (κ3) is 3.38. The third-order valence-electron chi connectivity index (χ3n) is 4.22. The molecule has 0 bridgehead atoms. The summed E-state index contributed by atoms with van der Waals surface area (Å²) >= 11 is 0. The van der Waals surface area contributed by atoms with Gasteiger partial charge in [-0.25, -0.2) is 9.97 Å². The Balaban J connectivity index is 2.26. The molecule has 0 aliphatic heterocycles. The standard InChI is InChI=1S/C18H17F3N4O3/c1-3-10(22)15-14(16(23)26)25-17(28-15)9-4-6-11(27-2)13-8(9)5-7-12(24-13)18(19,20)21/h4-7,10H,3,22H2,1-2H3,(H2,23,26). The van der Waals surface area contributed by atoms with Crippen LogP contribution < -0.4 is 16.2 Å². The van der Waals surface area contributed by atoms with Gasteiger partial charge in [0.1, 0.15) is 17.0 Å². The number of alkyl halides is 3. The van der Waals surface area contributed by atoms with E-state index >= 15 is 0 Å². The van der Waals surface area contributed by atoms with Crippen molar-refractivity contribution >= 4 is 16.8 Å². The lowest BCUT2D eigenvalue weighted by atomic mass is 10.1. The van der Waals surface area contributed by atoms with Crippen molar-refractivity contribution in [2.45, 2.75) is 25.6 Å². The minimum Gasteiger partial charge on any atom is -0.494 e. The summed E-state index contributed by atoms with van der Waals surface area (Å²) < 4.78 is 49.9. The zero-order chi connectivity index (χ0) is 20.6. The quantitative estimate of drug-likeness (QED) is 0.685. The number of hydrogen-bond acceptors (Lipinski definition) is 6. The number of methoxy groups -OCH3 is 1. The van der Waals surface area contributed by atoms with Crippen molar-refractivity contribution < 1.29 is 27.1 Å². The summed E-state index contributed by atoms with van der Waals surface area (Å²) in [5.74, 6) is -0.544. The molecule has 1 unspecified atom stereocenters. The predicted molar refractivity (Wildman–Crippen MR) is 94.5 cm³/mol. The van der Waals surface area contributed by atoms with Crippen LogP contribution in [0.5, 0.6) is 5.75 Å². The normalized spacial score (nSPS) is 12.9. The number of pyridine rings is 1. The fourth-order valence-electron chi connectivity index (χ4n) is 2.76. The average Bonchev–Trinajstić information content (AvgIpc) is 3.10. The number of carbonyl (C=O) groups is 1. The summed E-state index contributed by atoms with van der Waals surface area (Å²) in [5, 5.41) is 0.307. The number of benzene rings is 1. The van der Waals surface area contributed by atoms with Crippen LogP contribution in [-0.4, -0.2) is 23.0 Å². The maximum atomic E-state index is 13.0. The molecule has 1 amide bonds. The molecule has 0 saturated carbocycles. The number of amides is 1. The Bertz CT molecular complexity index is 1050. The minimum absolute atomic E-state index is 0.00177. The van der Waals surface area contributed by atoms with Crippen LogP contribution in [0.3, 0.4) is 0 Å². The smallest absolute Gasteiger partial charge is 0.433 e. The van der Waals surface area contributed by atoms with Crippen molar-refractivity contribution in [3.8, 4) is 17.2 Å². The molecule has 4 N–H and O–H groups in total. The van der Waals surface area contributed by atoms with Crippen molar-refractivity contribution in [1.82, 2.24) is 9.97 Å². The number of rotatable bonds is 5. The van der Waals surface area contributed by atoms with E-state index < -0.39 is 23.8 Å². The van der Waals surface area contributed by atoms with Gasteiger partial charge in [0, 0.05) is 10.9 Å². The maximum absolute atomic E-state index is 13.0. The number of halogens is 3. The number of nitrogens with zero attached hydrogens (tertiary/aromatic N) is 2. The molecular formula is C18H17F3N4O3. The van der Waals surface area contributed by atoms with Gasteiger partial charge in [0.15, 0.2) is 11.5 Å². The second-order valence-electron chi connectivity index (χ2n) is 6.02. The van der Waals surface area contributed by atoms with Crippen molar-refractivity contribution in [1.29, 1.82) is 0 Å². The highest BCUT2D eigenvalue weighted by Crippen LogP contribution is 2.37. The average molecular weight is 394 g/mol.